The summed E-state index contributed by atoms with van der Waals surface area (Å²) in [5.41, 5.74) is 1.45. The number of halogens is 1. The van der Waals surface area contributed by atoms with Crippen molar-refractivity contribution in [1.82, 2.24) is 4.98 Å². The molecule has 2 nitrogen and oxygen atoms in total. The lowest BCUT2D eigenvalue weighted by Crippen LogP contribution is -2.06. The first-order valence-electron chi connectivity index (χ1n) is 6.54. The van der Waals surface area contributed by atoms with E-state index < -0.39 is 0 Å². The van der Waals surface area contributed by atoms with Gasteiger partial charge >= 0.3 is 0 Å². The Morgan fingerprint density at radius 1 is 1.11 bits per heavy atom. The Hall–Kier alpha value is -1.64. The summed E-state index contributed by atoms with van der Waals surface area (Å²) >= 11 is 0. The molecule has 3 rings (SSSR count). The molecule has 0 spiro atoms. The van der Waals surface area contributed by atoms with Gasteiger partial charge in [-0.3, -0.25) is 0 Å². The standard InChI is InChI=1S/C15H16FNO/c16-13-9-5-4-8-12(13)15-14(17-10-18-15)11-6-2-1-3-7-11/h4-5,8-11H,1-3,6-7H2. The molecule has 1 saturated carbocycles. The van der Waals surface area contributed by atoms with Crippen molar-refractivity contribution in [2.24, 2.45) is 0 Å². The highest BCUT2D eigenvalue weighted by Crippen LogP contribution is 2.37. The van der Waals surface area contributed by atoms with Gasteiger partial charge in [0.25, 0.3) is 0 Å². The van der Waals surface area contributed by atoms with E-state index >= 15 is 0 Å². The minimum atomic E-state index is -0.244. The van der Waals surface area contributed by atoms with Gasteiger partial charge in [-0.25, -0.2) is 9.37 Å². The van der Waals surface area contributed by atoms with Gasteiger partial charge in [0.15, 0.2) is 12.2 Å². The largest absolute Gasteiger partial charge is 0.443 e. The van der Waals surface area contributed by atoms with Gasteiger partial charge in [0.1, 0.15) is 5.82 Å². The van der Waals surface area contributed by atoms with Crippen molar-refractivity contribution in [3.63, 3.8) is 0 Å². The Kier molecular flexibility index (Phi) is 3.13. The molecule has 1 aromatic carbocycles. The fourth-order valence-corrected chi connectivity index (χ4v) is 2.77. The summed E-state index contributed by atoms with van der Waals surface area (Å²) in [6.07, 6.45) is 7.46. The van der Waals surface area contributed by atoms with Crippen molar-refractivity contribution >= 4 is 0 Å². The molecule has 0 aliphatic heterocycles. The smallest absolute Gasteiger partial charge is 0.181 e. The maximum absolute atomic E-state index is 13.8. The molecule has 0 radical (unpaired) electrons. The van der Waals surface area contributed by atoms with Crippen LogP contribution in [0.15, 0.2) is 35.1 Å². The number of oxazole rings is 1. The zero-order valence-corrected chi connectivity index (χ0v) is 10.2. The van der Waals surface area contributed by atoms with Gasteiger partial charge in [-0.05, 0) is 25.0 Å². The predicted octanol–water partition coefficient (Wildman–Crippen LogP) is 4.53. The van der Waals surface area contributed by atoms with Crippen LogP contribution in [0.2, 0.25) is 0 Å². The fraction of sp³-hybridized carbons (Fsp3) is 0.400. The van der Waals surface area contributed by atoms with Crippen LogP contribution in [0.25, 0.3) is 11.3 Å². The van der Waals surface area contributed by atoms with Crippen LogP contribution in [0.3, 0.4) is 0 Å². The van der Waals surface area contributed by atoms with E-state index in [0.717, 1.165) is 18.5 Å². The summed E-state index contributed by atoms with van der Waals surface area (Å²) in [7, 11) is 0. The third kappa shape index (κ3) is 2.05. The number of benzene rings is 1. The molecule has 1 aliphatic rings. The number of nitrogens with zero attached hydrogens (tertiary/aromatic N) is 1. The fourth-order valence-electron chi connectivity index (χ4n) is 2.77. The van der Waals surface area contributed by atoms with Gasteiger partial charge in [0, 0.05) is 5.92 Å². The second-order valence-corrected chi connectivity index (χ2v) is 4.88. The van der Waals surface area contributed by atoms with Crippen LogP contribution in [0, 0.1) is 5.82 Å². The van der Waals surface area contributed by atoms with E-state index in [4.69, 9.17) is 4.42 Å². The number of hydrogen-bond acceptors (Lipinski definition) is 2. The van der Waals surface area contributed by atoms with Crippen LogP contribution in [-0.2, 0) is 0 Å². The topological polar surface area (TPSA) is 26.0 Å². The maximum Gasteiger partial charge on any atom is 0.181 e. The average Bonchev–Trinajstić information content (AvgIpc) is 2.89. The average molecular weight is 245 g/mol. The van der Waals surface area contributed by atoms with E-state index in [1.165, 1.54) is 31.7 Å². The number of aromatic nitrogens is 1. The summed E-state index contributed by atoms with van der Waals surface area (Å²) in [5, 5.41) is 0. The molecular formula is C15H16FNO. The predicted molar refractivity (Wildman–Crippen MR) is 67.7 cm³/mol. The maximum atomic E-state index is 13.8. The second-order valence-electron chi connectivity index (χ2n) is 4.88. The molecule has 1 heterocycles. The quantitative estimate of drug-likeness (QED) is 0.777. The van der Waals surface area contributed by atoms with Crippen LogP contribution >= 0.6 is 0 Å². The first-order valence-corrected chi connectivity index (χ1v) is 6.54. The van der Waals surface area contributed by atoms with E-state index in [9.17, 15) is 4.39 Å². The first-order chi connectivity index (χ1) is 8.86. The Morgan fingerprint density at radius 3 is 2.67 bits per heavy atom. The molecule has 0 atom stereocenters. The lowest BCUT2D eigenvalue weighted by Gasteiger charge is -2.20. The molecule has 0 bridgehead atoms. The third-order valence-electron chi connectivity index (χ3n) is 3.71. The normalized spacial score (nSPS) is 16.9. The van der Waals surface area contributed by atoms with Crippen LogP contribution in [-0.4, -0.2) is 4.98 Å². The van der Waals surface area contributed by atoms with E-state index in [1.807, 2.05) is 6.07 Å². The van der Waals surface area contributed by atoms with Crippen LogP contribution < -0.4 is 0 Å². The number of hydrogen-bond donors (Lipinski definition) is 0. The van der Waals surface area contributed by atoms with Gasteiger partial charge in [-0.1, -0.05) is 31.4 Å². The summed E-state index contributed by atoms with van der Waals surface area (Å²) in [6, 6.07) is 6.73. The van der Waals surface area contributed by atoms with Crippen molar-refractivity contribution in [1.29, 1.82) is 0 Å². The van der Waals surface area contributed by atoms with E-state index in [-0.39, 0.29) is 5.82 Å². The first kappa shape index (κ1) is 11.5. The molecule has 0 N–H and O–H groups in total. The lowest BCUT2D eigenvalue weighted by atomic mass is 9.85. The molecule has 0 unspecified atom stereocenters. The van der Waals surface area contributed by atoms with Crippen molar-refractivity contribution in [2.45, 2.75) is 38.0 Å². The van der Waals surface area contributed by atoms with Gasteiger partial charge in [0.05, 0.1) is 11.3 Å². The second kappa shape index (κ2) is 4.92. The number of rotatable bonds is 2. The van der Waals surface area contributed by atoms with E-state index in [0.29, 0.717) is 17.2 Å². The summed E-state index contributed by atoms with van der Waals surface area (Å²) < 4.78 is 19.2. The molecule has 18 heavy (non-hydrogen) atoms. The summed E-state index contributed by atoms with van der Waals surface area (Å²) in [4.78, 5) is 4.32. The van der Waals surface area contributed by atoms with Gasteiger partial charge in [0.2, 0.25) is 0 Å². The van der Waals surface area contributed by atoms with Crippen LogP contribution in [0.1, 0.15) is 43.7 Å². The SMILES string of the molecule is Fc1ccccc1-c1ocnc1C1CCCCC1. The van der Waals surface area contributed by atoms with Crippen molar-refractivity contribution in [2.75, 3.05) is 0 Å². The Morgan fingerprint density at radius 2 is 1.89 bits per heavy atom. The highest BCUT2D eigenvalue weighted by molar-refractivity contribution is 5.61. The highest BCUT2D eigenvalue weighted by Gasteiger charge is 2.23. The van der Waals surface area contributed by atoms with Gasteiger partial charge in [-0.2, -0.15) is 0 Å². The minimum absolute atomic E-state index is 0.244. The highest BCUT2D eigenvalue weighted by atomic mass is 19.1. The molecule has 3 heteroatoms. The zero-order valence-electron chi connectivity index (χ0n) is 10.2. The minimum Gasteiger partial charge on any atom is -0.443 e. The third-order valence-corrected chi connectivity index (χ3v) is 3.71. The Labute approximate surface area is 106 Å². The summed E-state index contributed by atoms with van der Waals surface area (Å²) in [6.45, 7) is 0. The van der Waals surface area contributed by atoms with Crippen molar-refractivity contribution in [3.05, 3.63) is 42.2 Å². The molecule has 0 amide bonds. The molecule has 94 valence electrons. The van der Waals surface area contributed by atoms with Crippen molar-refractivity contribution in [3.8, 4) is 11.3 Å². The molecular weight excluding hydrogens is 229 g/mol. The van der Waals surface area contributed by atoms with Crippen molar-refractivity contribution < 1.29 is 8.81 Å². The molecule has 1 fully saturated rings. The zero-order chi connectivity index (χ0) is 12.4. The molecule has 1 aliphatic carbocycles. The van der Waals surface area contributed by atoms with Gasteiger partial charge < -0.3 is 4.42 Å². The molecule has 1 aromatic heterocycles. The molecule has 2 aromatic rings. The lowest BCUT2D eigenvalue weighted by molar-refractivity contribution is 0.436. The van der Waals surface area contributed by atoms with E-state index in [1.54, 1.807) is 12.1 Å². The Bertz CT molecular complexity index is 529. The van der Waals surface area contributed by atoms with E-state index in [2.05, 4.69) is 4.98 Å². The Balaban J connectivity index is 1.98. The molecule has 0 saturated heterocycles. The monoisotopic (exact) mass is 245 g/mol. The van der Waals surface area contributed by atoms with Crippen LogP contribution in [0.5, 0.6) is 0 Å². The van der Waals surface area contributed by atoms with Crippen LogP contribution in [0.4, 0.5) is 4.39 Å². The summed E-state index contributed by atoms with van der Waals surface area (Å²) in [5.74, 6) is 0.790. The van der Waals surface area contributed by atoms with Gasteiger partial charge in [-0.15, -0.1) is 0 Å².